The van der Waals surface area contributed by atoms with Gasteiger partial charge in [0.1, 0.15) is 0 Å². The highest BCUT2D eigenvalue weighted by Gasteiger charge is 2.15. The van der Waals surface area contributed by atoms with Crippen LogP contribution in [-0.2, 0) is 10.0 Å². The number of hydrogen-bond acceptors (Lipinski definition) is 2. The summed E-state index contributed by atoms with van der Waals surface area (Å²) in [6.07, 6.45) is 2.70. The van der Waals surface area contributed by atoms with Gasteiger partial charge in [-0.2, -0.15) is 0 Å². The molecule has 0 fully saturated rings. The molecule has 1 aromatic carbocycles. The standard InChI is InChI=1S/C11H14F2INO2S/c12-10-5-4-9(8-11(10)13)18(16,17)15-7-3-1-2-6-14/h4-5,8,15H,1-3,6-7H2. The highest BCUT2D eigenvalue weighted by molar-refractivity contribution is 14.1. The molecule has 0 aliphatic carbocycles. The molecule has 0 aromatic heterocycles. The van der Waals surface area contributed by atoms with Crippen molar-refractivity contribution in [1.82, 2.24) is 4.72 Å². The van der Waals surface area contributed by atoms with Crippen molar-refractivity contribution >= 4 is 32.6 Å². The third-order valence-electron chi connectivity index (χ3n) is 2.30. The van der Waals surface area contributed by atoms with Crippen LogP contribution in [0.3, 0.4) is 0 Å². The normalized spacial score (nSPS) is 11.7. The lowest BCUT2D eigenvalue weighted by Crippen LogP contribution is -2.25. The summed E-state index contributed by atoms with van der Waals surface area (Å²) < 4.78 is 52.5. The molecule has 0 aliphatic heterocycles. The van der Waals surface area contributed by atoms with Gasteiger partial charge in [0, 0.05) is 6.54 Å². The first kappa shape index (κ1) is 15.8. The largest absolute Gasteiger partial charge is 0.240 e. The third-order valence-corrected chi connectivity index (χ3v) is 4.53. The van der Waals surface area contributed by atoms with Gasteiger partial charge in [-0.3, -0.25) is 0 Å². The fraction of sp³-hybridized carbons (Fsp3) is 0.455. The van der Waals surface area contributed by atoms with E-state index in [1.54, 1.807) is 0 Å². The van der Waals surface area contributed by atoms with Gasteiger partial charge < -0.3 is 0 Å². The van der Waals surface area contributed by atoms with E-state index in [4.69, 9.17) is 0 Å². The van der Waals surface area contributed by atoms with Crippen molar-refractivity contribution < 1.29 is 17.2 Å². The van der Waals surface area contributed by atoms with E-state index < -0.39 is 21.7 Å². The second-order valence-corrected chi connectivity index (χ2v) is 6.57. The summed E-state index contributed by atoms with van der Waals surface area (Å²) in [5.74, 6) is -2.22. The monoisotopic (exact) mass is 389 g/mol. The van der Waals surface area contributed by atoms with Gasteiger partial charge in [0.05, 0.1) is 4.90 Å². The first-order valence-corrected chi connectivity index (χ1v) is 8.49. The molecule has 1 rings (SSSR count). The molecule has 102 valence electrons. The molecule has 0 amide bonds. The minimum Gasteiger partial charge on any atom is -0.211 e. The second-order valence-electron chi connectivity index (χ2n) is 3.72. The molecule has 0 spiro atoms. The highest BCUT2D eigenvalue weighted by Crippen LogP contribution is 2.13. The number of benzene rings is 1. The van der Waals surface area contributed by atoms with E-state index in [9.17, 15) is 17.2 Å². The Balaban J connectivity index is 2.60. The van der Waals surface area contributed by atoms with Crippen molar-refractivity contribution in [3.63, 3.8) is 0 Å². The Kier molecular flexibility index (Phi) is 6.44. The van der Waals surface area contributed by atoms with Crippen molar-refractivity contribution in [2.24, 2.45) is 0 Å². The van der Waals surface area contributed by atoms with Crippen LogP contribution < -0.4 is 4.72 Å². The topological polar surface area (TPSA) is 46.2 Å². The predicted molar refractivity (Wildman–Crippen MR) is 74.3 cm³/mol. The summed E-state index contributed by atoms with van der Waals surface area (Å²) in [5.41, 5.74) is 0. The summed E-state index contributed by atoms with van der Waals surface area (Å²) in [7, 11) is -3.75. The molecule has 18 heavy (non-hydrogen) atoms. The first-order valence-electron chi connectivity index (χ1n) is 5.48. The van der Waals surface area contributed by atoms with Gasteiger partial charge in [0.25, 0.3) is 0 Å². The van der Waals surface area contributed by atoms with Crippen molar-refractivity contribution in [2.45, 2.75) is 24.2 Å². The zero-order valence-corrected chi connectivity index (χ0v) is 12.6. The number of hydrogen-bond donors (Lipinski definition) is 1. The Morgan fingerprint density at radius 1 is 1.11 bits per heavy atom. The van der Waals surface area contributed by atoms with Crippen LogP contribution in [0.1, 0.15) is 19.3 Å². The first-order chi connectivity index (χ1) is 8.47. The minimum atomic E-state index is -3.75. The molecule has 3 nitrogen and oxygen atoms in total. The zero-order chi connectivity index (χ0) is 13.6. The van der Waals surface area contributed by atoms with Crippen LogP contribution in [0.25, 0.3) is 0 Å². The number of halogens is 3. The van der Waals surface area contributed by atoms with Gasteiger partial charge in [-0.1, -0.05) is 29.0 Å². The molecule has 0 heterocycles. The Hall–Kier alpha value is -0.280. The summed E-state index contributed by atoms with van der Waals surface area (Å²) in [4.78, 5) is -0.254. The van der Waals surface area contributed by atoms with Crippen LogP contribution in [0.2, 0.25) is 0 Å². The molecular weight excluding hydrogens is 375 g/mol. The SMILES string of the molecule is O=S(=O)(NCCCCCI)c1ccc(F)c(F)c1. The van der Waals surface area contributed by atoms with Gasteiger partial charge in [-0.05, 0) is 35.5 Å². The van der Waals surface area contributed by atoms with Crippen LogP contribution in [0, 0.1) is 11.6 Å². The van der Waals surface area contributed by atoms with Crippen molar-refractivity contribution in [3.05, 3.63) is 29.8 Å². The summed E-state index contributed by atoms with van der Waals surface area (Å²) >= 11 is 2.26. The molecule has 7 heteroatoms. The van der Waals surface area contributed by atoms with E-state index in [1.165, 1.54) is 0 Å². The number of nitrogens with one attached hydrogen (secondary N) is 1. The molecule has 1 aromatic rings. The van der Waals surface area contributed by atoms with Gasteiger partial charge in [-0.15, -0.1) is 0 Å². The van der Waals surface area contributed by atoms with Crippen LogP contribution in [0.5, 0.6) is 0 Å². The highest BCUT2D eigenvalue weighted by atomic mass is 127. The van der Waals surface area contributed by atoms with Gasteiger partial charge in [0.15, 0.2) is 11.6 Å². The average Bonchev–Trinajstić information content (AvgIpc) is 2.32. The zero-order valence-electron chi connectivity index (χ0n) is 9.63. The van der Waals surface area contributed by atoms with Gasteiger partial charge >= 0.3 is 0 Å². The van der Waals surface area contributed by atoms with Gasteiger partial charge in [-0.25, -0.2) is 21.9 Å². The predicted octanol–water partition coefficient (Wildman–Crippen LogP) is 2.85. The van der Waals surface area contributed by atoms with Crippen molar-refractivity contribution in [2.75, 3.05) is 11.0 Å². The fourth-order valence-electron chi connectivity index (χ4n) is 1.33. The molecule has 0 atom stereocenters. The molecule has 0 saturated carbocycles. The number of sulfonamides is 1. The van der Waals surface area contributed by atoms with E-state index in [-0.39, 0.29) is 4.90 Å². The lowest BCUT2D eigenvalue weighted by molar-refractivity contribution is 0.504. The third kappa shape index (κ3) is 4.77. The Morgan fingerprint density at radius 3 is 2.44 bits per heavy atom. The van der Waals surface area contributed by atoms with Crippen molar-refractivity contribution in [3.8, 4) is 0 Å². The smallest absolute Gasteiger partial charge is 0.211 e. The Labute approximate surface area is 119 Å². The van der Waals surface area contributed by atoms with E-state index >= 15 is 0 Å². The molecule has 0 unspecified atom stereocenters. The van der Waals surface area contributed by atoms with Gasteiger partial charge in [0.2, 0.25) is 10.0 Å². The molecule has 1 N–H and O–H groups in total. The van der Waals surface area contributed by atoms with Crippen LogP contribution >= 0.6 is 22.6 Å². The summed E-state index contributed by atoms with van der Waals surface area (Å²) in [5, 5.41) is 0. The second kappa shape index (κ2) is 7.34. The fourth-order valence-corrected chi connectivity index (χ4v) is 2.96. The Morgan fingerprint density at radius 2 is 1.83 bits per heavy atom. The van der Waals surface area contributed by atoms with E-state index in [2.05, 4.69) is 27.3 Å². The maximum Gasteiger partial charge on any atom is 0.240 e. The minimum absolute atomic E-state index is 0.254. The Bertz CT molecular complexity index is 494. The van der Waals surface area contributed by atoms with Crippen LogP contribution in [-0.4, -0.2) is 19.4 Å². The average molecular weight is 389 g/mol. The molecule has 0 aliphatic rings. The van der Waals surface area contributed by atoms with E-state index in [0.29, 0.717) is 12.6 Å². The number of unbranched alkanes of at least 4 members (excludes halogenated alkanes) is 2. The quantitative estimate of drug-likeness (QED) is 0.443. The number of alkyl halides is 1. The maximum absolute atomic E-state index is 12.9. The van der Waals surface area contributed by atoms with E-state index in [1.807, 2.05) is 0 Å². The molecular formula is C11H14F2INO2S. The number of rotatable bonds is 7. The summed E-state index contributed by atoms with van der Waals surface area (Å²) in [6, 6.07) is 2.54. The lowest BCUT2D eigenvalue weighted by atomic mass is 10.3. The summed E-state index contributed by atoms with van der Waals surface area (Å²) in [6.45, 7) is 0.304. The van der Waals surface area contributed by atoms with Crippen LogP contribution in [0.4, 0.5) is 8.78 Å². The van der Waals surface area contributed by atoms with Crippen LogP contribution in [0.15, 0.2) is 23.1 Å². The van der Waals surface area contributed by atoms with E-state index in [0.717, 1.165) is 35.8 Å². The maximum atomic E-state index is 12.9. The van der Waals surface area contributed by atoms with Crippen molar-refractivity contribution in [1.29, 1.82) is 0 Å². The molecule has 0 bridgehead atoms. The molecule has 0 radical (unpaired) electrons. The molecule has 0 saturated heterocycles. The lowest BCUT2D eigenvalue weighted by Gasteiger charge is -2.06.